The molecular weight excluding hydrogens is 489 g/mol. The van der Waals surface area contributed by atoms with Gasteiger partial charge in [-0.25, -0.2) is 14.0 Å². The lowest BCUT2D eigenvalue weighted by Crippen LogP contribution is -2.48. The quantitative estimate of drug-likeness (QED) is 0.515. The number of ether oxygens (including phenoxy) is 3. The third-order valence-electron chi connectivity index (χ3n) is 6.88. The molecule has 2 aliphatic heterocycles. The van der Waals surface area contributed by atoms with Crippen LogP contribution in [-0.2, 0) is 14.2 Å². The molecule has 3 heterocycles. The van der Waals surface area contributed by atoms with E-state index in [0.717, 1.165) is 0 Å². The Kier molecular flexibility index (Phi) is 5.17. The van der Waals surface area contributed by atoms with Crippen molar-refractivity contribution in [3.63, 3.8) is 0 Å². The summed E-state index contributed by atoms with van der Waals surface area (Å²) in [6.45, 7) is 1.51. The summed E-state index contributed by atoms with van der Waals surface area (Å²) in [6.07, 6.45) is -1.69. The number of rotatable bonds is 5. The van der Waals surface area contributed by atoms with E-state index < -0.39 is 41.6 Å². The molecule has 0 bridgehead atoms. The van der Waals surface area contributed by atoms with Crippen LogP contribution >= 0.6 is 11.6 Å². The van der Waals surface area contributed by atoms with Gasteiger partial charge in [-0.2, -0.15) is 0 Å². The smallest absolute Gasteiger partial charge is 0.339 e. The van der Waals surface area contributed by atoms with E-state index >= 15 is 4.39 Å². The topological polar surface area (TPSA) is 91.2 Å². The maximum absolute atomic E-state index is 16.9. The first kappa shape index (κ1) is 22.8. The molecule has 6 rings (SSSR count). The molecule has 0 radical (unpaired) electrons. The predicted octanol–water partition coefficient (Wildman–Crippen LogP) is 4.32. The van der Waals surface area contributed by atoms with Gasteiger partial charge in [0, 0.05) is 6.20 Å². The van der Waals surface area contributed by atoms with Gasteiger partial charge in [-0.1, -0.05) is 48.0 Å². The number of hydrogen-bond acceptors (Lipinski definition) is 7. The van der Waals surface area contributed by atoms with Gasteiger partial charge in [0.2, 0.25) is 5.60 Å². The van der Waals surface area contributed by atoms with Crippen LogP contribution in [0.15, 0.2) is 77.9 Å². The number of alkyl halides is 1. The van der Waals surface area contributed by atoms with E-state index in [2.05, 4.69) is 10.3 Å². The molecule has 3 aromatic rings. The maximum atomic E-state index is 16.9. The molecule has 2 aromatic carbocycles. The van der Waals surface area contributed by atoms with Gasteiger partial charge in [-0.3, -0.25) is 4.99 Å². The Morgan fingerprint density at radius 1 is 1.08 bits per heavy atom. The monoisotopic (exact) mass is 509 g/mol. The molecule has 1 saturated carbocycles. The molecule has 5 unspecified atom stereocenters. The second kappa shape index (κ2) is 8.18. The van der Waals surface area contributed by atoms with Crippen molar-refractivity contribution in [2.75, 3.05) is 12.0 Å². The highest BCUT2D eigenvalue weighted by molar-refractivity contribution is 6.70. The Morgan fingerprint density at radius 3 is 2.39 bits per heavy atom. The van der Waals surface area contributed by atoms with Gasteiger partial charge >= 0.3 is 11.9 Å². The Hall–Kier alpha value is -3.69. The SMILES string of the molecule is CC1(F)C(n2ccc3c2NCN=C3Cl)OC2C(OC(=O)c3ccccc3)C21OC(=O)c1ccccc1. The average Bonchev–Trinajstić information content (AvgIpc) is 3.16. The molecule has 0 spiro atoms. The van der Waals surface area contributed by atoms with E-state index in [1.165, 1.54) is 6.92 Å². The van der Waals surface area contributed by atoms with Gasteiger partial charge < -0.3 is 24.1 Å². The zero-order valence-electron chi connectivity index (χ0n) is 19.1. The number of nitrogens with zero attached hydrogens (tertiary/aromatic N) is 2. The number of hydrogen-bond donors (Lipinski definition) is 1. The number of carbonyl (C=O) groups excluding carboxylic acids is 2. The normalized spacial score (nSPS) is 29.9. The number of aromatic nitrogens is 1. The zero-order valence-corrected chi connectivity index (χ0v) is 19.8. The molecule has 1 aliphatic carbocycles. The minimum Gasteiger partial charge on any atom is -0.451 e. The first-order chi connectivity index (χ1) is 17.3. The molecule has 3 aliphatic rings. The van der Waals surface area contributed by atoms with E-state index in [1.54, 1.807) is 77.5 Å². The van der Waals surface area contributed by atoms with Crippen molar-refractivity contribution in [3.8, 4) is 0 Å². The minimum absolute atomic E-state index is 0.223. The summed E-state index contributed by atoms with van der Waals surface area (Å²) < 4.78 is 36.0. The Labute approximate surface area is 210 Å². The van der Waals surface area contributed by atoms with Crippen LogP contribution < -0.4 is 5.32 Å². The van der Waals surface area contributed by atoms with E-state index in [0.29, 0.717) is 22.1 Å². The number of anilines is 1. The fourth-order valence-corrected chi connectivity index (χ4v) is 5.21. The van der Waals surface area contributed by atoms with E-state index in [1.807, 2.05) is 0 Å². The van der Waals surface area contributed by atoms with Crippen LogP contribution in [0.2, 0.25) is 0 Å². The van der Waals surface area contributed by atoms with Crippen molar-refractivity contribution in [2.45, 2.75) is 36.6 Å². The molecule has 36 heavy (non-hydrogen) atoms. The number of carbonyl (C=O) groups is 2. The van der Waals surface area contributed by atoms with Crippen molar-refractivity contribution in [3.05, 3.63) is 89.6 Å². The molecule has 1 aromatic heterocycles. The van der Waals surface area contributed by atoms with Gasteiger partial charge in [0.05, 0.1) is 16.7 Å². The molecule has 1 saturated heterocycles. The summed E-state index contributed by atoms with van der Waals surface area (Å²) in [4.78, 5) is 30.0. The van der Waals surface area contributed by atoms with Crippen molar-refractivity contribution >= 4 is 34.5 Å². The van der Waals surface area contributed by atoms with E-state index in [-0.39, 0.29) is 12.2 Å². The molecule has 184 valence electrons. The molecule has 0 amide bonds. The third kappa shape index (κ3) is 3.26. The molecule has 8 nitrogen and oxygen atoms in total. The molecule has 1 N–H and O–H groups in total. The summed E-state index contributed by atoms with van der Waals surface area (Å²) in [6, 6.07) is 18.3. The van der Waals surface area contributed by atoms with E-state index in [4.69, 9.17) is 25.8 Å². The number of aliphatic imine (C=N–C) groups is 1. The van der Waals surface area contributed by atoms with Gasteiger partial charge in [0.1, 0.15) is 23.8 Å². The second-order valence-corrected chi connectivity index (χ2v) is 9.35. The van der Waals surface area contributed by atoms with Gasteiger partial charge in [0.15, 0.2) is 18.0 Å². The van der Waals surface area contributed by atoms with Crippen LogP contribution in [0.1, 0.15) is 39.4 Å². The molecular formula is C26H21ClFN3O5. The largest absolute Gasteiger partial charge is 0.451 e. The number of esters is 2. The number of fused-ring (bicyclic) bond motifs is 2. The molecule has 2 fully saturated rings. The van der Waals surface area contributed by atoms with Gasteiger partial charge in [-0.15, -0.1) is 0 Å². The third-order valence-corrected chi connectivity index (χ3v) is 7.21. The summed E-state index contributed by atoms with van der Waals surface area (Å²) in [5.41, 5.74) is -2.99. The highest BCUT2D eigenvalue weighted by Gasteiger charge is 2.88. The first-order valence-electron chi connectivity index (χ1n) is 11.4. The van der Waals surface area contributed by atoms with Crippen molar-refractivity contribution in [2.24, 2.45) is 4.99 Å². The Morgan fingerprint density at radius 2 is 1.72 bits per heavy atom. The molecule has 10 heteroatoms. The number of halogens is 2. The summed E-state index contributed by atoms with van der Waals surface area (Å²) >= 11 is 6.21. The highest BCUT2D eigenvalue weighted by atomic mass is 35.5. The lowest BCUT2D eigenvalue weighted by atomic mass is 9.96. The van der Waals surface area contributed by atoms with Crippen LogP contribution in [0.4, 0.5) is 10.2 Å². The van der Waals surface area contributed by atoms with Gasteiger partial charge in [-0.05, 0) is 37.3 Å². The highest BCUT2D eigenvalue weighted by Crippen LogP contribution is 2.65. The fraction of sp³-hybridized carbons (Fsp3) is 0.269. The number of benzene rings is 2. The van der Waals surface area contributed by atoms with Gasteiger partial charge in [0.25, 0.3) is 0 Å². The Balaban J connectivity index is 1.35. The predicted molar refractivity (Wildman–Crippen MR) is 129 cm³/mol. The fourth-order valence-electron chi connectivity index (χ4n) is 4.99. The summed E-state index contributed by atoms with van der Waals surface area (Å²) in [7, 11) is 0. The second-order valence-electron chi connectivity index (χ2n) is 8.99. The van der Waals surface area contributed by atoms with Crippen molar-refractivity contribution in [1.82, 2.24) is 4.57 Å². The van der Waals surface area contributed by atoms with Crippen LogP contribution in [0.3, 0.4) is 0 Å². The lowest BCUT2D eigenvalue weighted by molar-refractivity contribution is -0.121. The van der Waals surface area contributed by atoms with E-state index in [9.17, 15) is 9.59 Å². The van der Waals surface area contributed by atoms with Crippen molar-refractivity contribution in [1.29, 1.82) is 0 Å². The number of nitrogens with one attached hydrogen (secondary N) is 1. The van der Waals surface area contributed by atoms with Crippen LogP contribution in [-0.4, -0.2) is 51.8 Å². The average molecular weight is 510 g/mol. The standard InChI is InChI=1S/C26H21ClFN3O5/c1-25(28)24(31-13-12-17-20(27)29-14-30-21(17)31)35-19-18(34-22(32)15-8-4-2-5-9-15)26(19,25)36-23(33)16-10-6-3-7-11-16/h2-13,18-19,24,30H,14H2,1H3. The molecule has 5 atom stereocenters. The summed E-state index contributed by atoms with van der Waals surface area (Å²) in [5, 5.41) is 3.38. The Bertz CT molecular complexity index is 1380. The lowest BCUT2D eigenvalue weighted by Gasteiger charge is -2.34. The summed E-state index contributed by atoms with van der Waals surface area (Å²) in [5.74, 6) is -0.869. The van der Waals surface area contributed by atoms with Crippen LogP contribution in [0.5, 0.6) is 0 Å². The van der Waals surface area contributed by atoms with Crippen LogP contribution in [0.25, 0.3) is 0 Å². The minimum atomic E-state index is -2.28. The maximum Gasteiger partial charge on any atom is 0.339 e. The van der Waals surface area contributed by atoms with Crippen molar-refractivity contribution < 1.29 is 28.2 Å². The first-order valence-corrected chi connectivity index (χ1v) is 11.8. The van der Waals surface area contributed by atoms with Crippen LogP contribution in [0, 0.1) is 0 Å². The zero-order chi connectivity index (χ0) is 25.1.